The Bertz CT molecular complexity index is 809. The topological polar surface area (TPSA) is 42.0 Å². The molecule has 1 atom stereocenters. The lowest BCUT2D eigenvalue weighted by Gasteiger charge is -2.09. The summed E-state index contributed by atoms with van der Waals surface area (Å²) in [5.41, 5.74) is 0.945. The zero-order valence-electron chi connectivity index (χ0n) is 12.9. The maximum atomic E-state index is 12.2. The molecule has 0 unspecified atom stereocenters. The summed E-state index contributed by atoms with van der Waals surface area (Å²) in [5.74, 6) is 0.0977. The van der Waals surface area contributed by atoms with Crippen LogP contribution >= 0.6 is 11.3 Å². The quantitative estimate of drug-likeness (QED) is 0.702. The highest BCUT2D eigenvalue weighted by Gasteiger charge is 2.15. The SMILES string of the molecule is CCCC[C@@H](C)C(=O)Nc1nc2ccc3ccccc3c2s1. The van der Waals surface area contributed by atoms with E-state index in [0.717, 1.165) is 29.5 Å². The summed E-state index contributed by atoms with van der Waals surface area (Å²) in [5, 5.41) is 6.06. The van der Waals surface area contributed by atoms with Gasteiger partial charge in [0.05, 0.1) is 10.2 Å². The molecule has 22 heavy (non-hydrogen) atoms. The van der Waals surface area contributed by atoms with Crippen LogP contribution in [0.25, 0.3) is 21.0 Å². The molecule has 0 radical (unpaired) electrons. The summed E-state index contributed by atoms with van der Waals surface area (Å²) in [7, 11) is 0. The third-order valence-corrected chi connectivity index (χ3v) is 4.97. The van der Waals surface area contributed by atoms with Crippen molar-refractivity contribution in [3.8, 4) is 0 Å². The smallest absolute Gasteiger partial charge is 0.228 e. The van der Waals surface area contributed by atoms with Crippen molar-refractivity contribution in [1.82, 2.24) is 4.98 Å². The van der Waals surface area contributed by atoms with Gasteiger partial charge < -0.3 is 5.32 Å². The van der Waals surface area contributed by atoms with Crippen molar-refractivity contribution < 1.29 is 4.79 Å². The molecular weight excluding hydrogens is 292 g/mol. The standard InChI is InChI=1S/C18H20N2OS/c1-3-4-7-12(2)17(21)20-18-19-15-11-10-13-8-5-6-9-14(13)16(15)22-18/h5-6,8-12H,3-4,7H2,1-2H3,(H,19,20,21)/t12-/m1/s1. The molecule has 3 nitrogen and oxygen atoms in total. The Morgan fingerprint density at radius 2 is 2.09 bits per heavy atom. The molecule has 0 bridgehead atoms. The molecule has 4 heteroatoms. The Hall–Kier alpha value is -1.94. The van der Waals surface area contributed by atoms with Crippen molar-refractivity contribution in [1.29, 1.82) is 0 Å². The molecule has 3 aromatic rings. The Kier molecular flexibility index (Phi) is 4.39. The number of nitrogens with one attached hydrogen (secondary N) is 1. The van der Waals surface area contributed by atoms with Crippen molar-refractivity contribution in [3.63, 3.8) is 0 Å². The molecule has 1 heterocycles. The first kappa shape index (κ1) is 15.0. The van der Waals surface area contributed by atoms with Gasteiger partial charge in [0.15, 0.2) is 5.13 Å². The van der Waals surface area contributed by atoms with E-state index in [-0.39, 0.29) is 11.8 Å². The molecule has 0 spiro atoms. The number of hydrogen-bond donors (Lipinski definition) is 1. The van der Waals surface area contributed by atoms with Crippen molar-refractivity contribution >= 4 is 43.4 Å². The first-order valence-electron chi connectivity index (χ1n) is 7.78. The van der Waals surface area contributed by atoms with Crippen LogP contribution in [0.2, 0.25) is 0 Å². The fourth-order valence-electron chi connectivity index (χ4n) is 2.58. The summed E-state index contributed by atoms with van der Waals surface area (Å²) in [6, 6.07) is 12.4. The number of unbranched alkanes of at least 4 members (excludes halogenated alkanes) is 1. The van der Waals surface area contributed by atoms with Gasteiger partial charge in [-0.05, 0) is 17.9 Å². The van der Waals surface area contributed by atoms with Crippen LogP contribution in [0.4, 0.5) is 5.13 Å². The Morgan fingerprint density at radius 1 is 1.27 bits per heavy atom. The zero-order valence-corrected chi connectivity index (χ0v) is 13.7. The van der Waals surface area contributed by atoms with Crippen LogP contribution in [0.1, 0.15) is 33.1 Å². The molecule has 0 fully saturated rings. The number of benzene rings is 2. The molecule has 0 aliphatic heterocycles. The van der Waals surface area contributed by atoms with E-state index in [1.54, 1.807) is 11.3 Å². The van der Waals surface area contributed by atoms with E-state index in [4.69, 9.17) is 0 Å². The van der Waals surface area contributed by atoms with Crippen LogP contribution in [0.15, 0.2) is 36.4 Å². The molecule has 0 aliphatic rings. The Morgan fingerprint density at radius 3 is 2.91 bits per heavy atom. The lowest BCUT2D eigenvalue weighted by atomic mass is 10.0. The molecule has 1 aromatic heterocycles. The van der Waals surface area contributed by atoms with Gasteiger partial charge in [-0.25, -0.2) is 4.98 Å². The number of aromatic nitrogens is 1. The predicted octanol–water partition coefficient (Wildman–Crippen LogP) is 5.21. The number of nitrogens with zero attached hydrogens (tertiary/aromatic N) is 1. The molecule has 0 aliphatic carbocycles. The number of fused-ring (bicyclic) bond motifs is 3. The monoisotopic (exact) mass is 312 g/mol. The van der Waals surface area contributed by atoms with Gasteiger partial charge in [0.25, 0.3) is 0 Å². The van der Waals surface area contributed by atoms with Gasteiger partial charge in [-0.2, -0.15) is 0 Å². The van der Waals surface area contributed by atoms with Gasteiger partial charge in [-0.15, -0.1) is 0 Å². The minimum atomic E-state index is 0.0312. The van der Waals surface area contributed by atoms with E-state index >= 15 is 0 Å². The van der Waals surface area contributed by atoms with Crippen LogP contribution in [0.3, 0.4) is 0 Å². The molecule has 3 rings (SSSR count). The van der Waals surface area contributed by atoms with Gasteiger partial charge in [-0.3, -0.25) is 4.79 Å². The molecule has 0 saturated carbocycles. The van der Waals surface area contributed by atoms with Gasteiger partial charge in [0.2, 0.25) is 5.91 Å². The number of rotatable bonds is 5. The van der Waals surface area contributed by atoms with Crippen LogP contribution in [-0.4, -0.2) is 10.9 Å². The third-order valence-electron chi connectivity index (χ3n) is 3.95. The number of anilines is 1. The van der Waals surface area contributed by atoms with E-state index in [1.807, 2.05) is 25.1 Å². The second-order valence-corrected chi connectivity index (χ2v) is 6.69. The Labute approximate surface area is 134 Å². The highest BCUT2D eigenvalue weighted by Crippen LogP contribution is 2.32. The van der Waals surface area contributed by atoms with Crippen molar-refractivity contribution in [2.24, 2.45) is 5.92 Å². The lowest BCUT2D eigenvalue weighted by Crippen LogP contribution is -2.20. The summed E-state index contributed by atoms with van der Waals surface area (Å²) in [6.45, 7) is 4.12. The average molecular weight is 312 g/mol. The van der Waals surface area contributed by atoms with Gasteiger partial charge in [0.1, 0.15) is 0 Å². The lowest BCUT2D eigenvalue weighted by molar-refractivity contribution is -0.119. The number of thiazole rings is 1. The highest BCUT2D eigenvalue weighted by molar-refractivity contribution is 7.23. The highest BCUT2D eigenvalue weighted by atomic mass is 32.1. The maximum absolute atomic E-state index is 12.2. The van der Waals surface area contributed by atoms with E-state index in [2.05, 4.69) is 35.4 Å². The van der Waals surface area contributed by atoms with Gasteiger partial charge >= 0.3 is 0 Å². The molecule has 1 amide bonds. The molecule has 2 aromatic carbocycles. The van der Waals surface area contributed by atoms with E-state index in [1.165, 1.54) is 10.8 Å². The largest absolute Gasteiger partial charge is 0.302 e. The van der Waals surface area contributed by atoms with E-state index in [9.17, 15) is 4.79 Å². The molecule has 114 valence electrons. The Balaban J connectivity index is 1.86. The van der Waals surface area contributed by atoms with E-state index in [0.29, 0.717) is 5.13 Å². The third kappa shape index (κ3) is 2.97. The minimum absolute atomic E-state index is 0.0312. The summed E-state index contributed by atoms with van der Waals surface area (Å²) in [4.78, 5) is 16.8. The van der Waals surface area contributed by atoms with Crippen molar-refractivity contribution in [2.75, 3.05) is 5.32 Å². The molecule has 0 saturated heterocycles. The molecule has 1 N–H and O–H groups in total. The van der Waals surface area contributed by atoms with E-state index < -0.39 is 0 Å². The second-order valence-electron chi connectivity index (χ2n) is 5.69. The fourth-order valence-corrected chi connectivity index (χ4v) is 3.58. The number of amides is 1. The molecular formula is C18H20N2OS. The van der Waals surface area contributed by atoms with Crippen molar-refractivity contribution in [2.45, 2.75) is 33.1 Å². The average Bonchev–Trinajstić information content (AvgIpc) is 2.95. The number of hydrogen-bond acceptors (Lipinski definition) is 3. The van der Waals surface area contributed by atoms with Crippen LogP contribution in [-0.2, 0) is 4.79 Å². The second kappa shape index (κ2) is 6.44. The normalized spacial score (nSPS) is 12.6. The maximum Gasteiger partial charge on any atom is 0.228 e. The van der Waals surface area contributed by atoms with Crippen LogP contribution in [0, 0.1) is 5.92 Å². The van der Waals surface area contributed by atoms with Crippen LogP contribution < -0.4 is 5.32 Å². The summed E-state index contributed by atoms with van der Waals surface area (Å²) in [6.07, 6.45) is 3.12. The summed E-state index contributed by atoms with van der Waals surface area (Å²) < 4.78 is 1.13. The zero-order chi connectivity index (χ0) is 15.5. The fraction of sp³-hybridized carbons (Fsp3) is 0.333. The first-order valence-corrected chi connectivity index (χ1v) is 8.60. The minimum Gasteiger partial charge on any atom is -0.302 e. The predicted molar refractivity (Wildman–Crippen MR) is 94.4 cm³/mol. The van der Waals surface area contributed by atoms with Crippen LogP contribution in [0.5, 0.6) is 0 Å². The van der Waals surface area contributed by atoms with Crippen molar-refractivity contribution in [3.05, 3.63) is 36.4 Å². The van der Waals surface area contributed by atoms with Gasteiger partial charge in [0, 0.05) is 11.3 Å². The summed E-state index contributed by atoms with van der Waals surface area (Å²) >= 11 is 1.55. The first-order chi connectivity index (χ1) is 10.7. The number of carbonyl (C=O) groups excluding carboxylic acids is 1. The number of carbonyl (C=O) groups is 1. The van der Waals surface area contributed by atoms with Gasteiger partial charge in [-0.1, -0.05) is 68.4 Å².